The van der Waals surface area contributed by atoms with Crippen LogP contribution in [0.25, 0.3) is 22.0 Å². The molecule has 2 aromatic heterocycles. The average Bonchev–Trinajstić information content (AvgIpc) is 2.79. The average molecular weight is 427 g/mol. The minimum absolute atomic E-state index is 0.494. The summed E-state index contributed by atoms with van der Waals surface area (Å²) in [7, 11) is 3.83. The molecule has 0 unspecified atom stereocenters. The van der Waals surface area contributed by atoms with Crippen LogP contribution in [0.3, 0.4) is 0 Å². The van der Waals surface area contributed by atoms with Crippen LogP contribution < -0.4 is 15.8 Å². The molecular formula is C25H26N6O. The van der Waals surface area contributed by atoms with Crippen molar-refractivity contribution < 1.29 is 4.74 Å². The molecule has 1 aliphatic heterocycles. The van der Waals surface area contributed by atoms with E-state index in [4.69, 9.17) is 15.5 Å². The molecule has 4 aromatic rings. The third-order valence-electron chi connectivity index (χ3n) is 6.09. The Morgan fingerprint density at radius 1 is 1.09 bits per heavy atom. The lowest BCUT2D eigenvalue weighted by molar-refractivity contribution is 0.312. The fourth-order valence-corrected chi connectivity index (χ4v) is 4.28. The van der Waals surface area contributed by atoms with E-state index in [0.29, 0.717) is 11.6 Å². The van der Waals surface area contributed by atoms with Crippen LogP contribution in [0, 0.1) is 6.92 Å². The Hall–Kier alpha value is -3.71. The van der Waals surface area contributed by atoms with Gasteiger partial charge in [0.25, 0.3) is 0 Å². The van der Waals surface area contributed by atoms with Crippen molar-refractivity contribution >= 4 is 28.2 Å². The summed E-state index contributed by atoms with van der Waals surface area (Å²) in [5.74, 6) is 1.28. The smallest absolute Gasteiger partial charge is 0.227 e. The molecule has 2 aromatic carbocycles. The van der Waals surface area contributed by atoms with Gasteiger partial charge in [-0.05, 0) is 61.3 Å². The highest BCUT2D eigenvalue weighted by Gasteiger charge is 2.18. The normalized spacial score (nSPS) is 13.7. The molecule has 3 heterocycles. The molecule has 7 nitrogen and oxygen atoms in total. The first-order valence-corrected chi connectivity index (χ1v) is 10.6. The van der Waals surface area contributed by atoms with E-state index in [0.717, 1.165) is 58.5 Å². The second-order valence-electron chi connectivity index (χ2n) is 8.28. The number of likely N-dealkylation sites (N-methyl/N-ethyl adjacent to an activating group) is 1. The SMILES string of the molecule is COc1cc2c(cc1Nc1ncc3c(N)ccc(-c4cnccc4C)c3n1)CN(C)CC2. The molecule has 0 atom stereocenters. The molecule has 0 saturated heterocycles. The van der Waals surface area contributed by atoms with Crippen molar-refractivity contribution in [3.63, 3.8) is 0 Å². The van der Waals surface area contributed by atoms with E-state index >= 15 is 0 Å². The molecule has 0 amide bonds. The number of nitrogens with two attached hydrogens (primary N) is 1. The number of ether oxygens (including phenoxy) is 1. The maximum atomic E-state index is 6.24. The molecule has 7 heteroatoms. The third-order valence-corrected chi connectivity index (χ3v) is 6.09. The van der Waals surface area contributed by atoms with Crippen molar-refractivity contribution in [1.29, 1.82) is 0 Å². The lowest BCUT2D eigenvalue weighted by Gasteiger charge is -2.26. The van der Waals surface area contributed by atoms with Gasteiger partial charge in [0.2, 0.25) is 5.95 Å². The number of hydrogen-bond acceptors (Lipinski definition) is 7. The van der Waals surface area contributed by atoms with E-state index in [9.17, 15) is 0 Å². The summed E-state index contributed by atoms with van der Waals surface area (Å²) in [5, 5.41) is 4.19. The highest BCUT2D eigenvalue weighted by molar-refractivity contribution is 6.00. The second-order valence-corrected chi connectivity index (χ2v) is 8.28. The van der Waals surface area contributed by atoms with Crippen LogP contribution in [-0.4, -0.2) is 40.6 Å². The number of benzene rings is 2. The Bertz CT molecular complexity index is 1320. The monoisotopic (exact) mass is 426 g/mol. The van der Waals surface area contributed by atoms with Gasteiger partial charge in [-0.25, -0.2) is 9.97 Å². The molecule has 0 spiro atoms. The Kier molecular flexibility index (Phi) is 5.11. The zero-order valence-electron chi connectivity index (χ0n) is 18.5. The van der Waals surface area contributed by atoms with E-state index in [-0.39, 0.29) is 0 Å². The largest absolute Gasteiger partial charge is 0.495 e. The zero-order chi connectivity index (χ0) is 22.2. The molecule has 1 aliphatic rings. The minimum atomic E-state index is 0.494. The number of nitrogens with one attached hydrogen (secondary N) is 1. The highest BCUT2D eigenvalue weighted by Crippen LogP contribution is 2.35. The van der Waals surface area contributed by atoms with Gasteiger partial charge in [-0.1, -0.05) is 6.07 Å². The number of methoxy groups -OCH3 is 1. The van der Waals surface area contributed by atoms with Crippen LogP contribution >= 0.6 is 0 Å². The number of hydrogen-bond donors (Lipinski definition) is 2. The summed E-state index contributed by atoms with van der Waals surface area (Å²) >= 11 is 0. The van der Waals surface area contributed by atoms with Crippen molar-refractivity contribution in [3.05, 3.63) is 65.6 Å². The first kappa shape index (κ1) is 20.2. The van der Waals surface area contributed by atoms with Gasteiger partial charge in [-0.2, -0.15) is 0 Å². The van der Waals surface area contributed by atoms with E-state index in [1.165, 1.54) is 11.1 Å². The summed E-state index contributed by atoms with van der Waals surface area (Å²) < 4.78 is 5.67. The Morgan fingerprint density at radius 3 is 2.78 bits per heavy atom. The highest BCUT2D eigenvalue weighted by atomic mass is 16.5. The number of fused-ring (bicyclic) bond motifs is 2. The summed E-state index contributed by atoms with van der Waals surface area (Å²) in [6, 6.07) is 10.1. The molecule has 0 aliphatic carbocycles. The van der Waals surface area contributed by atoms with Crippen molar-refractivity contribution in [2.75, 3.05) is 31.8 Å². The maximum absolute atomic E-state index is 6.24. The van der Waals surface area contributed by atoms with Gasteiger partial charge in [0.15, 0.2) is 0 Å². The number of nitrogens with zero attached hydrogens (tertiary/aromatic N) is 4. The number of aryl methyl sites for hydroxylation is 1. The van der Waals surface area contributed by atoms with E-state index in [1.807, 2.05) is 24.4 Å². The van der Waals surface area contributed by atoms with Gasteiger partial charge < -0.3 is 20.7 Å². The lowest BCUT2D eigenvalue weighted by atomic mass is 9.98. The molecule has 5 rings (SSSR count). The first-order chi connectivity index (χ1) is 15.5. The number of nitrogen functional groups attached to an aromatic ring is 1. The predicted molar refractivity (Wildman–Crippen MR) is 128 cm³/mol. The number of pyridine rings is 1. The van der Waals surface area contributed by atoms with Gasteiger partial charge in [-0.3, -0.25) is 4.98 Å². The second kappa shape index (κ2) is 8.09. The van der Waals surface area contributed by atoms with Gasteiger partial charge in [-0.15, -0.1) is 0 Å². The van der Waals surface area contributed by atoms with E-state index in [2.05, 4.69) is 46.3 Å². The molecule has 0 fully saturated rings. The van der Waals surface area contributed by atoms with Crippen LogP contribution in [0.4, 0.5) is 17.3 Å². The summed E-state index contributed by atoms with van der Waals surface area (Å²) in [6.07, 6.45) is 6.44. The van der Waals surface area contributed by atoms with Crippen LogP contribution in [-0.2, 0) is 13.0 Å². The van der Waals surface area contributed by atoms with Crippen LogP contribution in [0.15, 0.2) is 48.9 Å². The molecule has 0 bridgehead atoms. The minimum Gasteiger partial charge on any atom is -0.495 e. The Morgan fingerprint density at radius 2 is 1.97 bits per heavy atom. The number of anilines is 3. The Balaban J connectivity index is 1.60. The van der Waals surface area contributed by atoms with Crippen molar-refractivity contribution in [2.45, 2.75) is 19.9 Å². The first-order valence-electron chi connectivity index (χ1n) is 10.6. The van der Waals surface area contributed by atoms with Crippen LogP contribution in [0.5, 0.6) is 5.75 Å². The maximum Gasteiger partial charge on any atom is 0.227 e. The summed E-state index contributed by atoms with van der Waals surface area (Å²) in [4.78, 5) is 16.0. The number of rotatable bonds is 4. The van der Waals surface area contributed by atoms with Gasteiger partial charge in [0, 0.05) is 53.9 Å². The topological polar surface area (TPSA) is 89.2 Å². The van der Waals surface area contributed by atoms with Crippen LogP contribution in [0.1, 0.15) is 16.7 Å². The van der Waals surface area contributed by atoms with E-state index in [1.54, 1.807) is 19.5 Å². The van der Waals surface area contributed by atoms with Crippen molar-refractivity contribution in [2.24, 2.45) is 0 Å². The number of aromatic nitrogens is 3. The standard InChI is InChI=1S/C25H26N6O/c1-15-6-8-27-12-19(15)18-4-5-21(26)20-13-28-25(30-24(18)20)29-22-10-17-14-31(2)9-7-16(17)11-23(22)32-3/h4-6,8,10-13H,7,9,14,26H2,1-3H3,(H,28,29,30). The fourth-order valence-electron chi connectivity index (χ4n) is 4.28. The van der Waals surface area contributed by atoms with Gasteiger partial charge >= 0.3 is 0 Å². The van der Waals surface area contributed by atoms with E-state index < -0.39 is 0 Å². The van der Waals surface area contributed by atoms with Crippen molar-refractivity contribution in [3.8, 4) is 16.9 Å². The Labute approximate surface area is 187 Å². The molecule has 32 heavy (non-hydrogen) atoms. The van der Waals surface area contributed by atoms with Crippen molar-refractivity contribution in [1.82, 2.24) is 19.9 Å². The molecule has 162 valence electrons. The van der Waals surface area contributed by atoms with Gasteiger partial charge in [0.1, 0.15) is 5.75 Å². The molecule has 0 radical (unpaired) electrons. The van der Waals surface area contributed by atoms with Crippen LogP contribution in [0.2, 0.25) is 0 Å². The predicted octanol–water partition coefficient (Wildman–Crippen LogP) is 4.32. The molecule has 3 N–H and O–H groups in total. The zero-order valence-corrected chi connectivity index (χ0v) is 18.5. The third kappa shape index (κ3) is 3.61. The quantitative estimate of drug-likeness (QED) is 0.470. The molecule has 0 saturated carbocycles. The molecular weight excluding hydrogens is 400 g/mol. The fraction of sp³-hybridized carbons (Fsp3) is 0.240. The van der Waals surface area contributed by atoms with Gasteiger partial charge in [0.05, 0.1) is 18.3 Å². The lowest BCUT2D eigenvalue weighted by Crippen LogP contribution is -2.26. The summed E-state index contributed by atoms with van der Waals surface area (Å²) in [5.41, 5.74) is 14.3. The summed E-state index contributed by atoms with van der Waals surface area (Å²) in [6.45, 7) is 4.02.